The minimum absolute atomic E-state index is 0.133. The van der Waals surface area contributed by atoms with Crippen molar-refractivity contribution in [3.8, 4) is 11.5 Å². The summed E-state index contributed by atoms with van der Waals surface area (Å²) in [5.41, 5.74) is 1.95. The van der Waals surface area contributed by atoms with Crippen LogP contribution in [-0.2, 0) is 9.59 Å². The highest BCUT2D eigenvalue weighted by atomic mass is 16.5. The first-order chi connectivity index (χ1) is 17.7. The number of aliphatic imine (C=N–C) groups is 1. The van der Waals surface area contributed by atoms with E-state index >= 15 is 0 Å². The number of carbonyl (C=O) groups is 2. The van der Waals surface area contributed by atoms with E-state index in [1.807, 2.05) is 46.3 Å². The average molecular weight is 511 g/mol. The van der Waals surface area contributed by atoms with Gasteiger partial charge in [0.05, 0.1) is 25.0 Å². The minimum atomic E-state index is -0.362. The standard InChI is InChI=1S/C28H38N4O5/c1-21-14-15-23(32(5)28(35)22-11-10-12-24(36-6)27(22)29-20-33)25(19-21)37-18-9-7-8-13-26(34)31(4)17-16-30(2)3/h10-12,14-15,19H,7-9,13,16-18H2,1-6H3. The maximum absolute atomic E-state index is 13.4. The number of likely N-dealkylation sites (N-methyl/N-ethyl adjacent to an activating group) is 2. The third-order valence-corrected chi connectivity index (χ3v) is 5.99. The van der Waals surface area contributed by atoms with Crippen molar-refractivity contribution in [3.05, 3.63) is 47.5 Å². The van der Waals surface area contributed by atoms with Gasteiger partial charge in [0.25, 0.3) is 5.91 Å². The van der Waals surface area contributed by atoms with Crippen molar-refractivity contribution in [1.29, 1.82) is 0 Å². The normalized spacial score (nSPS) is 10.6. The van der Waals surface area contributed by atoms with E-state index in [1.54, 1.807) is 30.1 Å². The summed E-state index contributed by atoms with van der Waals surface area (Å²) in [6.45, 7) is 3.98. The number of carbonyl (C=O) groups excluding carboxylic acids is 3. The van der Waals surface area contributed by atoms with Gasteiger partial charge in [-0.3, -0.25) is 9.59 Å². The first kappa shape index (κ1) is 29.5. The number of unbranched alkanes of at least 4 members (excludes halogenated alkanes) is 2. The Morgan fingerprint density at radius 1 is 0.973 bits per heavy atom. The summed E-state index contributed by atoms with van der Waals surface area (Å²) in [6, 6.07) is 10.5. The number of para-hydroxylation sites is 1. The predicted molar refractivity (Wildman–Crippen MR) is 145 cm³/mol. The number of nitrogens with zero attached hydrogens (tertiary/aromatic N) is 4. The Labute approximate surface area is 219 Å². The Bertz CT molecular complexity index is 1110. The summed E-state index contributed by atoms with van der Waals surface area (Å²) in [7, 11) is 8.91. The Morgan fingerprint density at radius 2 is 1.73 bits per heavy atom. The monoisotopic (exact) mass is 510 g/mol. The van der Waals surface area contributed by atoms with Crippen molar-refractivity contribution in [1.82, 2.24) is 9.80 Å². The molecular weight excluding hydrogens is 472 g/mol. The number of hydrogen-bond acceptors (Lipinski definition) is 7. The van der Waals surface area contributed by atoms with Crippen LogP contribution >= 0.6 is 0 Å². The molecule has 0 heterocycles. The highest BCUT2D eigenvalue weighted by molar-refractivity contribution is 6.10. The number of aryl methyl sites for hydroxylation is 1. The van der Waals surface area contributed by atoms with Crippen molar-refractivity contribution in [2.75, 3.05) is 59.9 Å². The highest BCUT2D eigenvalue weighted by Crippen LogP contribution is 2.35. The second-order valence-electron chi connectivity index (χ2n) is 9.17. The topological polar surface area (TPSA) is 91.8 Å². The van der Waals surface area contributed by atoms with Crippen LogP contribution in [0.25, 0.3) is 0 Å². The Morgan fingerprint density at radius 3 is 2.41 bits per heavy atom. The molecule has 2 amide bonds. The van der Waals surface area contributed by atoms with Crippen LogP contribution in [-0.4, -0.2) is 82.7 Å². The molecule has 200 valence electrons. The van der Waals surface area contributed by atoms with Crippen LogP contribution < -0.4 is 14.4 Å². The molecule has 2 rings (SSSR count). The molecule has 9 nitrogen and oxygen atoms in total. The van der Waals surface area contributed by atoms with Crippen molar-refractivity contribution >= 4 is 29.3 Å². The van der Waals surface area contributed by atoms with Gasteiger partial charge >= 0.3 is 0 Å². The van der Waals surface area contributed by atoms with Gasteiger partial charge < -0.3 is 24.2 Å². The second kappa shape index (κ2) is 14.8. The van der Waals surface area contributed by atoms with Crippen LogP contribution in [0.2, 0.25) is 0 Å². The molecule has 2 aromatic rings. The van der Waals surface area contributed by atoms with E-state index in [9.17, 15) is 14.4 Å². The predicted octanol–water partition coefficient (Wildman–Crippen LogP) is 4.21. The van der Waals surface area contributed by atoms with Gasteiger partial charge in [-0.1, -0.05) is 12.1 Å². The fourth-order valence-corrected chi connectivity index (χ4v) is 3.73. The van der Waals surface area contributed by atoms with Crippen molar-refractivity contribution in [2.24, 2.45) is 4.99 Å². The third-order valence-electron chi connectivity index (χ3n) is 5.99. The Balaban J connectivity index is 2.00. The second-order valence-corrected chi connectivity index (χ2v) is 9.17. The Kier molecular flexibility index (Phi) is 11.8. The molecule has 0 N–H and O–H groups in total. The van der Waals surface area contributed by atoms with E-state index in [2.05, 4.69) is 9.89 Å². The molecular formula is C28H38N4O5. The lowest BCUT2D eigenvalue weighted by atomic mass is 10.1. The van der Waals surface area contributed by atoms with Crippen molar-refractivity contribution < 1.29 is 23.9 Å². The van der Waals surface area contributed by atoms with Crippen molar-refractivity contribution in [3.63, 3.8) is 0 Å². The van der Waals surface area contributed by atoms with E-state index in [-0.39, 0.29) is 23.1 Å². The number of anilines is 1. The summed E-state index contributed by atoms with van der Waals surface area (Å²) in [5.74, 6) is 0.683. The molecule has 0 bridgehead atoms. The molecule has 0 radical (unpaired) electrons. The summed E-state index contributed by atoms with van der Waals surface area (Å²) in [6.07, 6.45) is 4.45. The molecule has 0 atom stereocenters. The van der Waals surface area contributed by atoms with Crippen LogP contribution in [0.3, 0.4) is 0 Å². The van der Waals surface area contributed by atoms with Crippen LogP contribution in [0, 0.1) is 6.92 Å². The zero-order chi connectivity index (χ0) is 27.4. The minimum Gasteiger partial charge on any atom is -0.494 e. The Hall–Kier alpha value is -3.68. The SMILES string of the molecule is COc1cccc(C(=O)N(C)c2ccc(C)cc2OCCCCCC(=O)N(C)CCN(C)C)c1N=C=O. The molecule has 0 aliphatic rings. The first-order valence-corrected chi connectivity index (χ1v) is 12.3. The molecule has 0 spiro atoms. The fourth-order valence-electron chi connectivity index (χ4n) is 3.73. The zero-order valence-electron chi connectivity index (χ0n) is 22.7. The largest absolute Gasteiger partial charge is 0.494 e. The van der Waals surface area contributed by atoms with Gasteiger partial charge in [-0.25, -0.2) is 4.79 Å². The molecule has 2 aromatic carbocycles. The van der Waals surface area contributed by atoms with Gasteiger partial charge in [-0.15, -0.1) is 0 Å². The van der Waals surface area contributed by atoms with Crippen LogP contribution in [0.1, 0.15) is 41.6 Å². The van der Waals surface area contributed by atoms with E-state index < -0.39 is 0 Å². The molecule has 0 aliphatic carbocycles. The van der Waals surface area contributed by atoms with Gasteiger partial charge in [0.1, 0.15) is 17.2 Å². The van der Waals surface area contributed by atoms with Gasteiger partial charge in [-0.05, 0) is 70.1 Å². The zero-order valence-corrected chi connectivity index (χ0v) is 22.7. The molecule has 0 aromatic heterocycles. The lowest BCUT2D eigenvalue weighted by molar-refractivity contribution is -0.130. The van der Waals surface area contributed by atoms with E-state index in [1.165, 1.54) is 18.1 Å². The number of benzene rings is 2. The summed E-state index contributed by atoms with van der Waals surface area (Å²) >= 11 is 0. The molecule has 9 heteroatoms. The summed E-state index contributed by atoms with van der Waals surface area (Å²) in [5, 5.41) is 0. The van der Waals surface area contributed by atoms with Crippen LogP contribution in [0.4, 0.5) is 11.4 Å². The number of methoxy groups -OCH3 is 1. The lowest BCUT2D eigenvalue weighted by Crippen LogP contribution is -2.33. The van der Waals surface area contributed by atoms with E-state index in [0.29, 0.717) is 30.2 Å². The summed E-state index contributed by atoms with van der Waals surface area (Å²) in [4.78, 5) is 45.5. The summed E-state index contributed by atoms with van der Waals surface area (Å²) < 4.78 is 11.3. The number of hydrogen-bond donors (Lipinski definition) is 0. The first-order valence-electron chi connectivity index (χ1n) is 12.3. The smallest absolute Gasteiger partial charge is 0.260 e. The van der Waals surface area contributed by atoms with Crippen LogP contribution in [0.5, 0.6) is 11.5 Å². The maximum atomic E-state index is 13.4. The quantitative estimate of drug-likeness (QED) is 0.215. The lowest BCUT2D eigenvalue weighted by Gasteiger charge is -2.22. The van der Waals surface area contributed by atoms with Gasteiger partial charge in [-0.2, -0.15) is 4.99 Å². The highest BCUT2D eigenvalue weighted by Gasteiger charge is 2.22. The average Bonchev–Trinajstić information content (AvgIpc) is 2.88. The van der Waals surface area contributed by atoms with Gasteiger partial charge in [0, 0.05) is 33.6 Å². The molecule has 37 heavy (non-hydrogen) atoms. The molecule has 0 unspecified atom stereocenters. The molecule has 0 fully saturated rings. The maximum Gasteiger partial charge on any atom is 0.260 e. The molecule has 0 saturated carbocycles. The third kappa shape index (κ3) is 8.74. The van der Waals surface area contributed by atoms with E-state index in [0.717, 1.165) is 37.9 Å². The van der Waals surface area contributed by atoms with Crippen LogP contribution in [0.15, 0.2) is 41.4 Å². The number of amides is 2. The fraction of sp³-hybridized carbons (Fsp3) is 0.464. The van der Waals surface area contributed by atoms with E-state index in [4.69, 9.17) is 9.47 Å². The molecule has 0 aliphatic heterocycles. The number of rotatable bonds is 14. The number of ether oxygens (including phenoxy) is 2. The van der Waals surface area contributed by atoms with Gasteiger partial charge in [0.2, 0.25) is 12.0 Å². The molecule has 0 saturated heterocycles. The van der Waals surface area contributed by atoms with Gasteiger partial charge in [0.15, 0.2) is 0 Å². The number of isocyanates is 1. The van der Waals surface area contributed by atoms with Crippen molar-refractivity contribution in [2.45, 2.75) is 32.6 Å².